The van der Waals surface area contributed by atoms with Crippen molar-refractivity contribution >= 4 is 16.9 Å². The lowest BCUT2D eigenvalue weighted by Gasteiger charge is -2.08. The van der Waals surface area contributed by atoms with Crippen LogP contribution in [-0.4, -0.2) is 23.2 Å². The fourth-order valence-corrected chi connectivity index (χ4v) is 3.22. The third-order valence-corrected chi connectivity index (χ3v) is 4.37. The van der Waals surface area contributed by atoms with E-state index >= 15 is 0 Å². The first-order chi connectivity index (χ1) is 12.0. The van der Waals surface area contributed by atoms with Crippen molar-refractivity contribution in [3.8, 4) is 5.75 Å². The first kappa shape index (κ1) is 17.1. The van der Waals surface area contributed by atoms with Crippen molar-refractivity contribution in [1.29, 1.82) is 0 Å². The van der Waals surface area contributed by atoms with Gasteiger partial charge in [-0.2, -0.15) is 0 Å². The van der Waals surface area contributed by atoms with Crippen molar-refractivity contribution in [2.45, 2.75) is 26.7 Å². The lowest BCUT2D eigenvalue weighted by atomic mass is 9.97. The van der Waals surface area contributed by atoms with Gasteiger partial charge >= 0.3 is 5.97 Å². The summed E-state index contributed by atoms with van der Waals surface area (Å²) >= 11 is 0. The Hall–Kier alpha value is -2.75. The van der Waals surface area contributed by atoms with Crippen LogP contribution in [0.25, 0.3) is 10.9 Å². The number of rotatable bonds is 6. The summed E-state index contributed by atoms with van der Waals surface area (Å²) in [5.41, 5.74) is 4.82. The number of nitrogens with one attached hydrogen (secondary N) is 1. The van der Waals surface area contributed by atoms with Crippen LogP contribution in [0.2, 0.25) is 0 Å². The van der Waals surface area contributed by atoms with Gasteiger partial charge in [-0.3, -0.25) is 0 Å². The zero-order valence-electron chi connectivity index (χ0n) is 14.8. The Bertz CT molecular complexity index is 909. The van der Waals surface area contributed by atoms with Gasteiger partial charge in [-0.05, 0) is 54.2 Å². The Balaban J connectivity index is 2.06. The maximum Gasteiger partial charge on any atom is 0.335 e. The van der Waals surface area contributed by atoms with Gasteiger partial charge < -0.3 is 14.8 Å². The summed E-state index contributed by atoms with van der Waals surface area (Å²) in [4.78, 5) is 14.8. The number of H-pyrrole nitrogens is 1. The van der Waals surface area contributed by atoms with Gasteiger partial charge in [-0.15, -0.1) is 0 Å². The minimum absolute atomic E-state index is 0.324. The monoisotopic (exact) mass is 337 g/mol. The maximum absolute atomic E-state index is 11.2. The number of hydrogen-bond acceptors (Lipinski definition) is 2. The van der Waals surface area contributed by atoms with E-state index in [1.54, 1.807) is 25.3 Å². The summed E-state index contributed by atoms with van der Waals surface area (Å²) in [6.07, 6.45) is 1.65. The van der Waals surface area contributed by atoms with E-state index in [1.807, 2.05) is 18.2 Å². The number of hydrogen-bond donors (Lipinski definition) is 2. The third kappa shape index (κ3) is 3.68. The number of methoxy groups -OCH3 is 1. The molecule has 0 saturated heterocycles. The van der Waals surface area contributed by atoms with Gasteiger partial charge in [0.2, 0.25) is 0 Å². The Morgan fingerprint density at radius 3 is 2.68 bits per heavy atom. The van der Waals surface area contributed by atoms with Crippen LogP contribution in [0.5, 0.6) is 5.75 Å². The fraction of sp³-hybridized carbons (Fsp3) is 0.286. The molecule has 2 aromatic carbocycles. The van der Waals surface area contributed by atoms with Crippen molar-refractivity contribution in [1.82, 2.24) is 4.98 Å². The summed E-state index contributed by atoms with van der Waals surface area (Å²) in [6, 6.07) is 13.2. The molecule has 1 heterocycles. The highest BCUT2D eigenvalue weighted by Gasteiger charge is 2.14. The Morgan fingerprint density at radius 1 is 1.20 bits per heavy atom. The van der Waals surface area contributed by atoms with E-state index in [2.05, 4.69) is 24.9 Å². The van der Waals surface area contributed by atoms with Gasteiger partial charge in [-0.1, -0.05) is 26.0 Å². The molecule has 0 aliphatic rings. The van der Waals surface area contributed by atoms with Crippen molar-refractivity contribution in [3.63, 3.8) is 0 Å². The lowest BCUT2D eigenvalue weighted by Crippen LogP contribution is -2.01. The zero-order valence-corrected chi connectivity index (χ0v) is 14.8. The molecule has 2 N–H and O–H groups in total. The van der Waals surface area contributed by atoms with E-state index in [1.165, 1.54) is 11.3 Å². The van der Waals surface area contributed by atoms with Crippen LogP contribution in [0.4, 0.5) is 0 Å². The number of aromatic carboxylic acids is 1. The fourth-order valence-electron chi connectivity index (χ4n) is 3.22. The molecule has 130 valence electrons. The molecule has 0 radical (unpaired) electrons. The summed E-state index contributed by atoms with van der Waals surface area (Å²) in [5.74, 6) is 0.455. The Kier molecular flexibility index (Phi) is 4.79. The number of carboxylic acids is 1. The summed E-state index contributed by atoms with van der Waals surface area (Å²) in [5, 5.41) is 10.4. The molecule has 0 atom stereocenters. The van der Waals surface area contributed by atoms with E-state index in [4.69, 9.17) is 4.74 Å². The maximum atomic E-state index is 11.2. The van der Waals surface area contributed by atoms with Crippen molar-refractivity contribution < 1.29 is 14.6 Å². The molecule has 0 saturated carbocycles. The number of ether oxygens (including phenoxy) is 1. The average molecular weight is 337 g/mol. The standard InChI is InChI=1S/C21H23NO3/c1-13(2)9-19-18(11-14-5-4-6-15(10-14)21(23)24)17-8-7-16(25-3)12-20(17)22-19/h4-8,10,12-13,22H,9,11H2,1-3H3,(H,23,24). The number of fused-ring (bicyclic) bond motifs is 1. The molecule has 0 unspecified atom stereocenters. The molecule has 4 heteroatoms. The van der Waals surface area contributed by atoms with Gasteiger partial charge in [0, 0.05) is 22.7 Å². The Labute approximate surface area is 147 Å². The van der Waals surface area contributed by atoms with Crippen LogP contribution in [-0.2, 0) is 12.8 Å². The number of carboxylic acid groups (broad SMARTS) is 1. The van der Waals surface area contributed by atoms with E-state index in [0.717, 1.165) is 28.6 Å². The van der Waals surface area contributed by atoms with E-state index < -0.39 is 5.97 Å². The molecule has 0 amide bonds. The quantitative estimate of drug-likeness (QED) is 0.687. The molecule has 0 aliphatic carbocycles. The van der Waals surface area contributed by atoms with Crippen molar-refractivity contribution in [3.05, 3.63) is 64.8 Å². The molecule has 1 aromatic heterocycles. The number of benzene rings is 2. The van der Waals surface area contributed by atoms with Crippen LogP contribution in [0, 0.1) is 5.92 Å². The van der Waals surface area contributed by atoms with E-state index in [9.17, 15) is 9.90 Å². The zero-order chi connectivity index (χ0) is 18.0. The third-order valence-electron chi connectivity index (χ3n) is 4.37. The Morgan fingerprint density at radius 2 is 2.00 bits per heavy atom. The minimum atomic E-state index is -0.895. The number of aromatic nitrogens is 1. The highest BCUT2D eigenvalue weighted by Crippen LogP contribution is 2.29. The molecule has 0 aliphatic heterocycles. The highest BCUT2D eigenvalue weighted by molar-refractivity contribution is 5.88. The smallest absolute Gasteiger partial charge is 0.335 e. The van der Waals surface area contributed by atoms with Gasteiger partial charge in [0.05, 0.1) is 12.7 Å². The van der Waals surface area contributed by atoms with E-state index in [-0.39, 0.29) is 0 Å². The summed E-state index contributed by atoms with van der Waals surface area (Å²) < 4.78 is 5.33. The molecule has 0 spiro atoms. The normalized spacial score (nSPS) is 11.2. The molecule has 3 rings (SSSR count). The highest BCUT2D eigenvalue weighted by atomic mass is 16.5. The van der Waals surface area contributed by atoms with Crippen molar-refractivity contribution in [2.75, 3.05) is 7.11 Å². The van der Waals surface area contributed by atoms with Crippen LogP contribution in [0.3, 0.4) is 0 Å². The second-order valence-electron chi connectivity index (χ2n) is 6.77. The van der Waals surface area contributed by atoms with Crippen LogP contribution in [0.15, 0.2) is 42.5 Å². The van der Waals surface area contributed by atoms with Gasteiger partial charge in [0.1, 0.15) is 5.75 Å². The molecular weight excluding hydrogens is 314 g/mol. The first-order valence-electron chi connectivity index (χ1n) is 8.47. The molecule has 0 fully saturated rings. The minimum Gasteiger partial charge on any atom is -0.497 e. The van der Waals surface area contributed by atoms with E-state index in [0.29, 0.717) is 17.9 Å². The average Bonchev–Trinajstić information content (AvgIpc) is 2.90. The SMILES string of the molecule is COc1ccc2c(Cc3cccc(C(=O)O)c3)c(CC(C)C)[nH]c2c1. The second kappa shape index (κ2) is 7.01. The van der Waals surface area contributed by atoms with Gasteiger partial charge in [0.25, 0.3) is 0 Å². The van der Waals surface area contributed by atoms with Crippen LogP contribution in [0.1, 0.15) is 41.0 Å². The predicted molar refractivity (Wildman–Crippen MR) is 99.6 cm³/mol. The molecule has 25 heavy (non-hydrogen) atoms. The van der Waals surface area contributed by atoms with Gasteiger partial charge in [0.15, 0.2) is 0 Å². The lowest BCUT2D eigenvalue weighted by molar-refractivity contribution is 0.0696. The largest absolute Gasteiger partial charge is 0.497 e. The van der Waals surface area contributed by atoms with Crippen molar-refractivity contribution in [2.24, 2.45) is 5.92 Å². The topological polar surface area (TPSA) is 62.3 Å². The number of carbonyl (C=O) groups is 1. The molecule has 0 bridgehead atoms. The van der Waals surface area contributed by atoms with Crippen LogP contribution < -0.4 is 4.74 Å². The summed E-state index contributed by atoms with van der Waals surface area (Å²) in [6.45, 7) is 4.39. The molecular formula is C21H23NO3. The second-order valence-corrected chi connectivity index (χ2v) is 6.77. The number of aromatic amines is 1. The predicted octanol–water partition coefficient (Wildman–Crippen LogP) is 4.66. The van der Waals surface area contributed by atoms with Gasteiger partial charge in [-0.25, -0.2) is 4.79 Å². The summed E-state index contributed by atoms with van der Waals surface area (Å²) in [7, 11) is 1.66. The van der Waals surface area contributed by atoms with Crippen LogP contribution >= 0.6 is 0 Å². The molecule has 3 aromatic rings. The first-order valence-corrected chi connectivity index (χ1v) is 8.47. The molecule has 4 nitrogen and oxygen atoms in total.